The number of hydrogen-bond acceptors (Lipinski definition) is 5. The Balaban J connectivity index is 2.21. The SMILES string of the molecule is CC(C)c1ccnc(N)c1C(N)=NC1CCCN(C(=O)C#CCO)C1. The molecule has 1 saturated heterocycles. The van der Waals surface area contributed by atoms with Gasteiger partial charge in [0.05, 0.1) is 11.6 Å². The molecule has 0 aliphatic carbocycles. The zero-order valence-corrected chi connectivity index (χ0v) is 14.7. The standard InChI is InChI=1S/C18H25N5O2/c1-12(2)14-7-8-21-17(19)16(14)18(20)22-13-5-3-9-23(11-13)15(25)6-4-10-24/h7-8,12-13,24H,3,5,9-11H2,1-2H3,(H2,19,21)(H2,20,22). The van der Waals surface area contributed by atoms with E-state index in [0.717, 1.165) is 18.4 Å². The van der Waals surface area contributed by atoms with Gasteiger partial charge in [-0.3, -0.25) is 9.79 Å². The molecule has 7 nitrogen and oxygen atoms in total. The molecule has 25 heavy (non-hydrogen) atoms. The van der Waals surface area contributed by atoms with Crippen LogP contribution in [0.1, 0.15) is 43.7 Å². The van der Waals surface area contributed by atoms with Gasteiger partial charge in [0.1, 0.15) is 18.3 Å². The maximum absolute atomic E-state index is 12.0. The Bertz CT molecular complexity index is 718. The van der Waals surface area contributed by atoms with Gasteiger partial charge in [-0.25, -0.2) is 4.98 Å². The highest BCUT2D eigenvalue weighted by Gasteiger charge is 2.23. The van der Waals surface area contributed by atoms with Gasteiger partial charge < -0.3 is 21.5 Å². The summed E-state index contributed by atoms with van der Waals surface area (Å²) in [5.41, 5.74) is 13.9. The van der Waals surface area contributed by atoms with Gasteiger partial charge in [-0.05, 0) is 36.3 Å². The summed E-state index contributed by atoms with van der Waals surface area (Å²) in [5.74, 6) is 5.47. The van der Waals surface area contributed by atoms with Gasteiger partial charge in [0, 0.05) is 19.3 Å². The third kappa shape index (κ3) is 4.70. The molecule has 1 atom stereocenters. The van der Waals surface area contributed by atoms with E-state index in [1.807, 2.05) is 6.07 Å². The minimum atomic E-state index is -0.327. The number of anilines is 1. The molecule has 134 valence electrons. The van der Waals surface area contributed by atoms with E-state index >= 15 is 0 Å². The highest BCUT2D eigenvalue weighted by atomic mass is 16.2. The van der Waals surface area contributed by atoms with Crippen LogP contribution in [0.3, 0.4) is 0 Å². The summed E-state index contributed by atoms with van der Waals surface area (Å²) in [6.07, 6.45) is 3.34. The van der Waals surface area contributed by atoms with Gasteiger partial charge in [0.25, 0.3) is 5.91 Å². The molecule has 1 aliphatic rings. The lowest BCUT2D eigenvalue weighted by molar-refractivity contribution is -0.126. The summed E-state index contributed by atoms with van der Waals surface area (Å²) < 4.78 is 0. The Morgan fingerprint density at radius 1 is 1.56 bits per heavy atom. The van der Waals surface area contributed by atoms with Crippen LogP contribution in [-0.4, -0.2) is 52.5 Å². The number of aliphatic imine (C=N–C) groups is 1. The van der Waals surface area contributed by atoms with Crippen LogP contribution >= 0.6 is 0 Å². The molecule has 1 fully saturated rings. The van der Waals surface area contributed by atoms with E-state index in [-0.39, 0.29) is 24.5 Å². The first-order valence-corrected chi connectivity index (χ1v) is 8.40. The van der Waals surface area contributed by atoms with E-state index in [1.54, 1.807) is 11.1 Å². The van der Waals surface area contributed by atoms with Crippen molar-refractivity contribution < 1.29 is 9.90 Å². The molecule has 5 N–H and O–H groups in total. The minimum Gasteiger partial charge on any atom is -0.384 e. The lowest BCUT2D eigenvalue weighted by atomic mass is 9.97. The maximum atomic E-state index is 12.0. The van der Waals surface area contributed by atoms with Crippen LogP contribution in [0.25, 0.3) is 0 Å². The number of nitrogen functional groups attached to an aromatic ring is 1. The minimum absolute atomic E-state index is 0.103. The van der Waals surface area contributed by atoms with E-state index in [9.17, 15) is 4.79 Å². The molecule has 0 bridgehead atoms. The summed E-state index contributed by atoms with van der Waals surface area (Å²) in [7, 11) is 0. The molecule has 1 unspecified atom stereocenters. The van der Waals surface area contributed by atoms with Gasteiger partial charge in [-0.15, -0.1) is 0 Å². The number of aliphatic hydroxyl groups excluding tert-OH is 1. The fraction of sp³-hybridized carbons (Fsp3) is 0.500. The first-order chi connectivity index (χ1) is 11.9. The molecule has 0 spiro atoms. The number of hydrogen-bond donors (Lipinski definition) is 3. The van der Waals surface area contributed by atoms with Crippen molar-refractivity contribution in [3.8, 4) is 11.8 Å². The zero-order chi connectivity index (χ0) is 18.4. The largest absolute Gasteiger partial charge is 0.384 e. The average molecular weight is 343 g/mol. The number of rotatable bonds is 3. The maximum Gasteiger partial charge on any atom is 0.298 e. The molecule has 1 aliphatic heterocycles. The number of carbonyl (C=O) groups excluding carboxylic acids is 1. The van der Waals surface area contributed by atoms with Crippen molar-refractivity contribution in [2.75, 3.05) is 25.4 Å². The van der Waals surface area contributed by atoms with E-state index in [4.69, 9.17) is 16.6 Å². The van der Waals surface area contributed by atoms with E-state index in [2.05, 4.69) is 35.7 Å². The fourth-order valence-corrected chi connectivity index (χ4v) is 2.95. The summed E-state index contributed by atoms with van der Waals surface area (Å²) >= 11 is 0. The summed E-state index contributed by atoms with van der Waals surface area (Å²) in [5, 5.41) is 8.71. The molecule has 0 aromatic carbocycles. The third-order valence-electron chi connectivity index (χ3n) is 4.17. The van der Waals surface area contributed by atoms with E-state index in [0.29, 0.717) is 30.3 Å². The molecule has 0 radical (unpaired) electrons. The molecular formula is C18H25N5O2. The lowest BCUT2D eigenvalue weighted by Crippen LogP contribution is -2.41. The van der Waals surface area contributed by atoms with Crippen molar-refractivity contribution in [1.29, 1.82) is 0 Å². The van der Waals surface area contributed by atoms with Crippen LogP contribution in [0.4, 0.5) is 5.82 Å². The highest BCUT2D eigenvalue weighted by molar-refractivity contribution is 6.03. The number of likely N-dealkylation sites (tertiary alicyclic amines) is 1. The van der Waals surface area contributed by atoms with Crippen LogP contribution in [0, 0.1) is 11.8 Å². The third-order valence-corrected chi connectivity index (χ3v) is 4.17. The van der Waals surface area contributed by atoms with Crippen molar-refractivity contribution in [2.24, 2.45) is 10.7 Å². The molecule has 2 heterocycles. The number of amidine groups is 1. The smallest absolute Gasteiger partial charge is 0.298 e. The number of carbonyl (C=O) groups is 1. The van der Waals surface area contributed by atoms with E-state index in [1.165, 1.54) is 0 Å². The Morgan fingerprint density at radius 3 is 3.00 bits per heavy atom. The normalized spacial score (nSPS) is 18.0. The summed E-state index contributed by atoms with van der Waals surface area (Å²) in [6, 6.07) is 1.80. The number of pyridine rings is 1. The van der Waals surface area contributed by atoms with Crippen molar-refractivity contribution >= 4 is 17.6 Å². The molecule has 2 rings (SSSR count). The average Bonchev–Trinajstić information content (AvgIpc) is 2.59. The van der Waals surface area contributed by atoms with Crippen molar-refractivity contribution in [3.05, 3.63) is 23.4 Å². The van der Waals surface area contributed by atoms with Crippen LogP contribution in [0.15, 0.2) is 17.3 Å². The predicted molar refractivity (Wildman–Crippen MR) is 97.9 cm³/mol. The quantitative estimate of drug-likeness (QED) is 0.419. The molecule has 1 amide bonds. The number of amides is 1. The first kappa shape index (κ1) is 18.7. The number of aliphatic hydroxyl groups is 1. The van der Waals surface area contributed by atoms with Crippen LogP contribution < -0.4 is 11.5 Å². The highest BCUT2D eigenvalue weighted by Crippen LogP contribution is 2.23. The second-order valence-corrected chi connectivity index (χ2v) is 6.34. The molecule has 0 saturated carbocycles. The van der Waals surface area contributed by atoms with Crippen molar-refractivity contribution in [3.63, 3.8) is 0 Å². The molecule has 1 aromatic rings. The van der Waals surface area contributed by atoms with Gasteiger partial charge in [-0.1, -0.05) is 19.8 Å². The first-order valence-electron chi connectivity index (χ1n) is 8.40. The van der Waals surface area contributed by atoms with Gasteiger partial charge in [-0.2, -0.15) is 0 Å². The van der Waals surface area contributed by atoms with Crippen LogP contribution in [0.2, 0.25) is 0 Å². The van der Waals surface area contributed by atoms with Crippen LogP contribution in [0.5, 0.6) is 0 Å². The number of aromatic nitrogens is 1. The van der Waals surface area contributed by atoms with Crippen LogP contribution in [-0.2, 0) is 4.79 Å². The Hall–Kier alpha value is -2.59. The second-order valence-electron chi connectivity index (χ2n) is 6.34. The van der Waals surface area contributed by atoms with E-state index < -0.39 is 0 Å². The molecule has 7 heteroatoms. The number of nitrogens with zero attached hydrogens (tertiary/aromatic N) is 3. The summed E-state index contributed by atoms with van der Waals surface area (Å²) in [4.78, 5) is 22.4. The van der Waals surface area contributed by atoms with Crippen molar-refractivity contribution in [1.82, 2.24) is 9.88 Å². The zero-order valence-electron chi connectivity index (χ0n) is 14.7. The van der Waals surface area contributed by atoms with Crippen molar-refractivity contribution in [2.45, 2.75) is 38.6 Å². The molecular weight excluding hydrogens is 318 g/mol. The second kappa shape index (κ2) is 8.49. The monoisotopic (exact) mass is 343 g/mol. The topological polar surface area (TPSA) is 118 Å². The van der Waals surface area contributed by atoms with Gasteiger partial charge in [0.15, 0.2) is 0 Å². The molecule has 1 aromatic heterocycles. The predicted octanol–water partition coefficient (Wildman–Crippen LogP) is 0.479. The Morgan fingerprint density at radius 2 is 2.32 bits per heavy atom. The number of piperidine rings is 1. The number of nitrogens with two attached hydrogens (primary N) is 2. The van der Waals surface area contributed by atoms with Gasteiger partial charge in [0.2, 0.25) is 0 Å². The lowest BCUT2D eigenvalue weighted by Gasteiger charge is -2.29. The van der Waals surface area contributed by atoms with Gasteiger partial charge >= 0.3 is 0 Å². The summed E-state index contributed by atoms with van der Waals surface area (Å²) in [6.45, 7) is 4.89. The Labute approximate surface area is 148 Å². The fourth-order valence-electron chi connectivity index (χ4n) is 2.95. The Kier molecular flexibility index (Phi) is 6.37.